The molecule has 0 spiro atoms. The van der Waals surface area contributed by atoms with E-state index in [1.54, 1.807) is 0 Å². The fourth-order valence-corrected chi connectivity index (χ4v) is 5.98. The minimum Gasteiger partial charge on any atom is -0.463 e. The van der Waals surface area contributed by atoms with Gasteiger partial charge >= 0.3 is 11.9 Å². The van der Waals surface area contributed by atoms with E-state index < -0.39 is 0 Å². The molecule has 40 heavy (non-hydrogen) atoms. The molecule has 1 aliphatic heterocycles. The van der Waals surface area contributed by atoms with Crippen LogP contribution in [0.4, 0.5) is 0 Å². The lowest BCUT2D eigenvalue weighted by molar-refractivity contribution is -0.149. The van der Waals surface area contributed by atoms with Crippen LogP contribution in [-0.4, -0.2) is 24.1 Å². The van der Waals surface area contributed by atoms with Crippen molar-refractivity contribution in [2.24, 2.45) is 0 Å². The molecule has 236 valence electrons. The van der Waals surface area contributed by atoms with E-state index in [0.29, 0.717) is 12.8 Å². The third-order valence-corrected chi connectivity index (χ3v) is 8.65. The second-order valence-electron chi connectivity index (χ2n) is 12.9. The van der Waals surface area contributed by atoms with Gasteiger partial charge in [0.2, 0.25) is 0 Å². The van der Waals surface area contributed by atoms with E-state index in [9.17, 15) is 9.59 Å². The molecule has 0 aliphatic carbocycles. The quantitative estimate of drug-likeness (QED) is 0.275. The first kappa shape index (κ1) is 37.0. The normalized spacial score (nSPS) is 26.2. The van der Waals surface area contributed by atoms with Crippen molar-refractivity contribution in [3.63, 3.8) is 0 Å². The molecule has 0 aromatic rings. The molecule has 1 rings (SSSR count). The molecule has 0 saturated carbocycles. The molecule has 2 atom stereocenters. The number of rotatable bonds is 0. The number of ether oxygens (including phenoxy) is 2. The Bertz CT molecular complexity index is 525. The molecule has 2 unspecified atom stereocenters. The molecule has 0 aromatic heterocycles. The van der Waals surface area contributed by atoms with Crippen LogP contribution < -0.4 is 0 Å². The maximum absolute atomic E-state index is 12.1. The highest BCUT2D eigenvalue weighted by atomic mass is 16.5. The van der Waals surface area contributed by atoms with Gasteiger partial charge in [0, 0.05) is 12.8 Å². The van der Waals surface area contributed by atoms with E-state index >= 15 is 0 Å². The molecule has 0 radical (unpaired) electrons. The summed E-state index contributed by atoms with van der Waals surface area (Å²) in [7, 11) is 0. The molecule has 1 saturated heterocycles. The van der Waals surface area contributed by atoms with E-state index in [1.807, 2.05) is 0 Å². The average Bonchev–Trinajstić information content (AvgIpc) is 2.92. The van der Waals surface area contributed by atoms with Crippen molar-refractivity contribution in [1.29, 1.82) is 0 Å². The largest absolute Gasteiger partial charge is 0.463 e. The van der Waals surface area contributed by atoms with Gasteiger partial charge in [-0.25, -0.2) is 0 Å². The molecule has 0 N–H and O–H groups in total. The summed E-state index contributed by atoms with van der Waals surface area (Å²) >= 11 is 0. The summed E-state index contributed by atoms with van der Waals surface area (Å²) in [5.41, 5.74) is 0. The number of hydrogen-bond donors (Lipinski definition) is 0. The summed E-state index contributed by atoms with van der Waals surface area (Å²) in [6.07, 6.45) is 36.3. The first-order valence-electron chi connectivity index (χ1n) is 18.0. The van der Waals surface area contributed by atoms with Crippen LogP contribution >= 0.6 is 0 Å². The SMILES string of the molecule is CC1CCCCCCCCCCCCCCCC(=O)OC(C)CCCCCCCCCCCCCCCC(=O)O1. The van der Waals surface area contributed by atoms with Crippen molar-refractivity contribution in [3.05, 3.63) is 0 Å². The Morgan fingerprint density at radius 3 is 0.800 bits per heavy atom. The third kappa shape index (κ3) is 25.9. The summed E-state index contributed by atoms with van der Waals surface area (Å²) in [6, 6.07) is 0. The Morgan fingerprint density at radius 2 is 0.550 bits per heavy atom. The Labute approximate surface area is 249 Å². The number of hydrogen-bond acceptors (Lipinski definition) is 4. The van der Waals surface area contributed by atoms with Gasteiger partial charge in [0.05, 0.1) is 12.2 Å². The molecule has 1 aliphatic rings. The number of carbonyl (C=O) groups excluding carboxylic acids is 2. The Hall–Kier alpha value is -1.06. The van der Waals surface area contributed by atoms with Gasteiger partial charge < -0.3 is 9.47 Å². The summed E-state index contributed by atoms with van der Waals surface area (Å²) in [6.45, 7) is 4.12. The van der Waals surface area contributed by atoms with E-state index in [2.05, 4.69) is 13.8 Å². The zero-order chi connectivity index (χ0) is 28.9. The molecular formula is C36H68O4. The monoisotopic (exact) mass is 565 g/mol. The van der Waals surface area contributed by atoms with E-state index in [1.165, 1.54) is 141 Å². The highest BCUT2D eigenvalue weighted by Gasteiger charge is 2.10. The second-order valence-corrected chi connectivity index (χ2v) is 12.9. The zero-order valence-electron chi connectivity index (χ0n) is 27.0. The molecule has 4 nitrogen and oxygen atoms in total. The predicted octanol–water partition coefficient (Wildman–Crippen LogP) is 11.6. The van der Waals surface area contributed by atoms with Crippen molar-refractivity contribution >= 4 is 11.9 Å². The van der Waals surface area contributed by atoms with Crippen molar-refractivity contribution in [3.8, 4) is 0 Å². The minimum absolute atomic E-state index is 0.00802. The topological polar surface area (TPSA) is 52.6 Å². The average molecular weight is 565 g/mol. The molecule has 4 heteroatoms. The van der Waals surface area contributed by atoms with Crippen molar-refractivity contribution in [2.45, 2.75) is 219 Å². The Balaban J connectivity index is 2.20. The van der Waals surface area contributed by atoms with Crippen molar-refractivity contribution in [2.75, 3.05) is 0 Å². The van der Waals surface area contributed by atoms with Crippen molar-refractivity contribution in [1.82, 2.24) is 0 Å². The Morgan fingerprint density at radius 1 is 0.350 bits per heavy atom. The second kappa shape index (κ2) is 28.1. The lowest BCUT2D eigenvalue weighted by Crippen LogP contribution is -2.14. The maximum atomic E-state index is 12.1. The highest BCUT2D eigenvalue weighted by molar-refractivity contribution is 5.69. The van der Waals surface area contributed by atoms with Gasteiger partial charge in [0.25, 0.3) is 0 Å². The summed E-state index contributed by atoms with van der Waals surface area (Å²) in [5, 5.41) is 0. The summed E-state index contributed by atoms with van der Waals surface area (Å²) in [5.74, 6) is 0.0160. The van der Waals surface area contributed by atoms with Crippen LogP contribution in [0.3, 0.4) is 0 Å². The number of cyclic esters (lactones) is 2. The first-order valence-corrected chi connectivity index (χ1v) is 18.0. The van der Waals surface area contributed by atoms with Crippen LogP contribution in [0.1, 0.15) is 206 Å². The van der Waals surface area contributed by atoms with Crippen LogP contribution in [0, 0.1) is 0 Å². The first-order chi connectivity index (χ1) is 19.6. The molecule has 0 amide bonds. The fraction of sp³-hybridized carbons (Fsp3) is 0.944. The molecule has 1 fully saturated rings. The summed E-state index contributed by atoms with van der Waals surface area (Å²) in [4.78, 5) is 24.2. The van der Waals surface area contributed by atoms with Crippen LogP contribution in [0.5, 0.6) is 0 Å². The smallest absolute Gasteiger partial charge is 0.306 e. The maximum Gasteiger partial charge on any atom is 0.306 e. The standard InChI is InChI=1S/C36H68O4/c1-33-29-25-21-17-13-9-5-3-7-12-16-20-24-28-32-36(38)40-34(2)30-26-22-18-14-10-6-4-8-11-15-19-23-27-31-35(37)39-33/h33-34H,3-32H2,1-2H3. The lowest BCUT2D eigenvalue weighted by atomic mass is 10.0. The predicted molar refractivity (Wildman–Crippen MR) is 170 cm³/mol. The van der Waals surface area contributed by atoms with Gasteiger partial charge in [0.1, 0.15) is 0 Å². The van der Waals surface area contributed by atoms with Crippen LogP contribution in [0.2, 0.25) is 0 Å². The van der Waals surface area contributed by atoms with Crippen LogP contribution in [-0.2, 0) is 19.1 Å². The molecule has 0 aromatic carbocycles. The van der Waals surface area contributed by atoms with E-state index in [-0.39, 0.29) is 24.1 Å². The van der Waals surface area contributed by atoms with Crippen molar-refractivity contribution < 1.29 is 19.1 Å². The van der Waals surface area contributed by atoms with Crippen LogP contribution in [0.15, 0.2) is 0 Å². The Kier molecular flexibility index (Phi) is 25.9. The highest BCUT2D eigenvalue weighted by Crippen LogP contribution is 2.17. The minimum atomic E-state index is 0.00802. The lowest BCUT2D eigenvalue weighted by Gasteiger charge is -2.13. The zero-order valence-corrected chi connectivity index (χ0v) is 27.0. The fourth-order valence-electron chi connectivity index (χ4n) is 5.98. The van der Waals surface area contributed by atoms with Crippen LogP contribution in [0.25, 0.3) is 0 Å². The van der Waals surface area contributed by atoms with Gasteiger partial charge in [-0.15, -0.1) is 0 Å². The summed E-state index contributed by atoms with van der Waals surface area (Å²) < 4.78 is 11.3. The van der Waals surface area contributed by atoms with Gasteiger partial charge in [-0.3, -0.25) is 9.59 Å². The van der Waals surface area contributed by atoms with Gasteiger partial charge in [0.15, 0.2) is 0 Å². The van der Waals surface area contributed by atoms with Gasteiger partial charge in [-0.05, 0) is 52.4 Å². The van der Waals surface area contributed by atoms with E-state index in [0.717, 1.165) is 38.5 Å². The van der Waals surface area contributed by atoms with E-state index in [4.69, 9.17) is 9.47 Å². The third-order valence-electron chi connectivity index (χ3n) is 8.65. The van der Waals surface area contributed by atoms with Gasteiger partial charge in [-0.2, -0.15) is 0 Å². The number of esters is 2. The molecule has 1 heterocycles. The molecule has 0 bridgehead atoms. The molecular weight excluding hydrogens is 496 g/mol. The number of carbonyl (C=O) groups is 2. The van der Waals surface area contributed by atoms with Gasteiger partial charge in [-0.1, -0.05) is 141 Å².